The quantitative estimate of drug-likeness (QED) is 0.722. The monoisotopic (exact) mass is 325 g/mol. The van der Waals surface area contributed by atoms with Gasteiger partial charge in [0.15, 0.2) is 0 Å². The van der Waals surface area contributed by atoms with Gasteiger partial charge in [-0.3, -0.25) is 4.79 Å². The maximum absolute atomic E-state index is 13.7. The Bertz CT molecular complexity index is 431. The van der Waals surface area contributed by atoms with Gasteiger partial charge in [-0.2, -0.15) is 0 Å². The highest BCUT2D eigenvalue weighted by molar-refractivity contribution is 9.10. The Kier molecular flexibility index (Phi) is 3.42. The number of anilines is 1. The van der Waals surface area contributed by atoms with Crippen LogP contribution in [0.5, 0.6) is 0 Å². The molecule has 1 aromatic rings. The first-order chi connectivity index (χ1) is 7.49. The predicted octanol–water partition coefficient (Wildman–Crippen LogP) is 3.59. The molecule has 0 spiro atoms. The first kappa shape index (κ1) is 12.1. The lowest BCUT2D eigenvalue weighted by Gasteiger charge is -2.18. The molecule has 1 heterocycles. The van der Waals surface area contributed by atoms with Crippen molar-refractivity contribution in [1.29, 1.82) is 0 Å². The second-order valence-electron chi connectivity index (χ2n) is 3.52. The molecule has 1 atom stereocenters. The predicted molar refractivity (Wildman–Crippen MR) is 65.7 cm³/mol. The molecule has 0 radical (unpaired) electrons. The van der Waals surface area contributed by atoms with Crippen LogP contribution >= 0.6 is 39.1 Å². The molecule has 1 fully saturated rings. The van der Waals surface area contributed by atoms with Gasteiger partial charge in [-0.15, -0.1) is 11.6 Å². The van der Waals surface area contributed by atoms with E-state index in [-0.39, 0.29) is 28.4 Å². The summed E-state index contributed by atoms with van der Waals surface area (Å²) in [6.45, 7) is 0.290. The van der Waals surface area contributed by atoms with Crippen molar-refractivity contribution in [3.8, 4) is 0 Å². The van der Waals surface area contributed by atoms with Crippen LogP contribution in [0.2, 0.25) is 5.02 Å². The fraction of sp³-hybridized carbons (Fsp3) is 0.300. The summed E-state index contributed by atoms with van der Waals surface area (Å²) < 4.78 is 14.2. The fourth-order valence-electron chi connectivity index (χ4n) is 1.67. The van der Waals surface area contributed by atoms with Crippen LogP contribution in [0.25, 0.3) is 0 Å². The highest BCUT2D eigenvalue weighted by atomic mass is 79.9. The molecule has 2 nitrogen and oxygen atoms in total. The van der Waals surface area contributed by atoms with Crippen LogP contribution in [0.4, 0.5) is 10.1 Å². The highest BCUT2D eigenvalue weighted by Gasteiger charge is 2.32. The Morgan fingerprint density at radius 3 is 2.69 bits per heavy atom. The molecule has 0 aromatic heterocycles. The molecule has 86 valence electrons. The van der Waals surface area contributed by atoms with E-state index in [9.17, 15) is 9.18 Å². The summed E-state index contributed by atoms with van der Waals surface area (Å²) in [6.07, 6.45) is 0.216. The minimum Gasteiger partial charge on any atom is -0.307 e. The largest absolute Gasteiger partial charge is 0.307 e. The first-order valence-corrected chi connectivity index (χ1v) is 6.18. The third-order valence-electron chi connectivity index (χ3n) is 2.33. The van der Waals surface area contributed by atoms with Crippen LogP contribution < -0.4 is 4.90 Å². The molecule has 0 bridgehead atoms. The zero-order valence-electron chi connectivity index (χ0n) is 8.01. The van der Waals surface area contributed by atoms with Gasteiger partial charge < -0.3 is 4.90 Å². The van der Waals surface area contributed by atoms with Crippen molar-refractivity contribution in [2.24, 2.45) is 0 Å². The summed E-state index contributed by atoms with van der Waals surface area (Å²) in [6, 6.07) is 2.82. The summed E-state index contributed by atoms with van der Waals surface area (Å²) in [5.41, 5.74) is 0.109. The summed E-state index contributed by atoms with van der Waals surface area (Å²) >= 11 is 14.9. The molecule has 1 unspecified atom stereocenters. The van der Waals surface area contributed by atoms with Gasteiger partial charge in [-0.1, -0.05) is 27.5 Å². The van der Waals surface area contributed by atoms with E-state index in [1.165, 1.54) is 11.0 Å². The average Bonchev–Trinajstić information content (AvgIpc) is 2.43. The smallest absolute Gasteiger partial charge is 0.228 e. The number of hydrogen-bond donors (Lipinski definition) is 0. The molecule has 1 amide bonds. The zero-order valence-corrected chi connectivity index (χ0v) is 11.1. The number of alkyl halides is 1. The molecule has 16 heavy (non-hydrogen) atoms. The standard InChI is InChI=1S/C10H7BrCl2FNO/c11-5-1-7(13)10(8(14)2-5)15-4-6(12)3-9(15)16/h1-2,6H,3-4H2. The second kappa shape index (κ2) is 4.51. The van der Waals surface area contributed by atoms with Crippen LogP contribution in [-0.2, 0) is 4.79 Å². The number of hydrogen-bond acceptors (Lipinski definition) is 1. The molecular formula is C10H7BrCl2FNO. The summed E-state index contributed by atoms with van der Waals surface area (Å²) in [7, 11) is 0. The van der Waals surface area contributed by atoms with Gasteiger partial charge in [0.25, 0.3) is 0 Å². The minimum absolute atomic E-state index is 0.109. The second-order valence-corrected chi connectivity index (χ2v) is 5.46. The normalized spacial score (nSPS) is 20.6. The summed E-state index contributed by atoms with van der Waals surface area (Å²) in [5, 5.41) is -0.0856. The van der Waals surface area contributed by atoms with Crippen molar-refractivity contribution >= 4 is 50.7 Å². The van der Waals surface area contributed by atoms with Crippen LogP contribution in [0, 0.1) is 5.82 Å². The molecule has 1 aromatic carbocycles. The van der Waals surface area contributed by atoms with E-state index >= 15 is 0 Å². The zero-order chi connectivity index (χ0) is 11.9. The Balaban J connectivity index is 2.44. The molecule has 1 saturated heterocycles. The molecule has 0 N–H and O–H groups in total. The summed E-state index contributed by atoms with van der Waals surface area (Å²) in [4.78, 5) is 12.9. The number of benzene rings is 1. The van der Waals surface area contributed by atoms with Gasteiger partial charge in [0, 0.05) is 17.4 Å². The maximum Gasteiger partial charge on any atom is 0.228 e. The molecule has 1 aliphatic rings. The first-order valence-electron chi connectivity index (χ1n) is 4.58. The van der Waals surface area contributed by atoms with Gasteiger partial charge in [0.1, 0.15) is 5.82 Å². The van der Waals surface area contributed by atoms with Crippen LogP contribution in [-0.4, -0.2) is 17.8 Å². The van der Waals surface area contributed by atoms with Crippen molar-refractivity contribution in [2.75, 3.05) is 11.4 Å². The van der Waals surface area contributed by atoms with Crippen LogP contribution in [0.3, 0.4) is 0 Å². The number of nitrogens with zero attached hydrogens (tertiary/aromatic N) is 1. The minimum atomic E-state index is -0.529. The highest BCUT2D eigenvalue weighted by Crippen LogP contribution is 2.35. The number of amides is 1. The number of halogens is 4. The Morgan fingerprint density at radius 1 is 1.50 bits per heavy atom. The molecular weight excluding hydrogens is 320 g/mol. The van der Waals surface area contributed by atoms with Gasteiger partial charge >= 0.3 is 0 Å². The Labute approximate surface area is 110 Å². The van der Waals surface area contributed by atoms with Crippen LogP contribution in [0.15, 0.2) is 16.6 Å². The molecule has 1 aliphatic heterocycles. The molecule has 0 saturated carbocycles. The average molecular weight is 327 g/mol. The topological polar surface area (TPSA) is 20.3 Å². The Hall–Kier alpha value is -0.320. The van der Waals surface area contributed by atoms with E-state index < -0.39 is 5.82 Å². The van der Waals surface area contributed by atoms with E-state index in [0.717, 1.165) is 0 Å². The maximum atomic E-state index is 13.7. The van der Waals surface area contributed by atoms with Gasteiger partial charge in [-0.05, 0) is 12.1 Å². The molecule has 2 rings (SSSR count). The summed E-state index contributed by atoms with van der Waals surface area (Å²) in [5.74, 6) is -0.735. The lowest BCUT2D eigenvalue weighted by atomic mass is 10.3. The number of rotatable bonds is 1. The van der Waals surface area contributed by atoms with Crippen LogP contribution in [0.1, 0.15) is 6.42 Å². The lowest BCUT2D eigenvalue weighted by Crippen LogP contribution is -2.26. The van der Waals surface area contributed by atoms with E-state index in [1.54, 1.807) is 6.07 Å². The fourth-order valence-corrected chi connectivity index (χ4v) is 2.81. The molecule has 6 heteroatoms. The van der Waals surface area contributed by atoms with Gasteiger partial charge in [-0.25, -0.2) is 4.39 Å². The number of carbonyl (C=O) groups excluding carboxylic acids is 1. The lowest BCUT2D eigenvalue weighted by molar-refractivity contribution is -0.117. The third-order valence-corrected chi connectivity index (χ3v) is 3.37. The van der Waals surface area contributed by atoms with E-state index in [4.69, 9.17) is 23.2 Å². The van der Waals surface area contributed by atoms with Crippen molar-refractivity contribution in [1.82, 2.24) is 0 Å². The Morgan fingerprint density at radius 2 is 2.19 bits per heavy atom. The van der Waals surface area contributed by atoms with Crippen molar-refractivity contribution in [2.45, 2.75) is 11.8 Å². The van der Waals surface area contributed by atoms with Gasteiger partial charge in [0.05, 0.1) is 16.1 Å². The third kappa shape index (κ3) is 2.19. The number of carbonyl (C=O) groups is 1. The van der Waals surface area contributed by atoms with Crippen molar-refractivity contribution in [3.05, 3.63) is 27.4 Å². The van der Waals surface area contributed by atoms with E-state index in [1.807, 2.05) is 0 Å². The van der Waals surface area contributed by atoms with Gasteiger partial charge in [0.2, 0.25) is 5.91 Å². The van der Waals surface area contributed by atoms with E-state index in [0.29, 0.717) is 11.0 Å². The van der Waals surface area contributed by atoms with Crippen molar-refractivity contribution < 1.29 is 9.18 Å². The molecule has 0 aliphatic carbocycles. The van der Waals surface area contributed by atoms with Crippen molar-refractivity contribution in [3.63, 3.8) is 0 Å². The SMILES string of the molecule is O=C1CC(Cl)CN1c1c(F)cc(Br)cc1Cl. The van der Waals surface area contributed by atoms with E-state index in [2.05, 4.69) is 15.9 Å².